The lowest BCUT2D eigenvalue weighted by molar-refractivity contribution is -0.137. The van der Waals surface area contributed by atoms with Crippen molar-refractivity contribution in [2.45, 2.75) is 51.2 Å². The summed E-state index contributed by atoms with van der Waals surface area (Å²) in [5, 5.41) is 33.3. The fourth-order valence-corrected chi connectivity index (χ4v) is 5.15. The number of fused-ring (bicyclic) bond motifs is 5. The molecule has 0 saturated heterocycles. The quantitative estimate of drug-likeness (QED) is 0.177. The monoisotopic (exact) mass is 613 g/mol. The number of carbonyl (C=O) groups excluding carboxylic acids is 3. The normalized spacial score (nSPS) is 18.8. The Hall–Kier alpha value is -3.71. The van der Waals surface area contributed by atoms with Crippen LogP contribution in [0.3, 0.4) is 0 Å². The van der Waals surface area contributed by atoms with Crippen LogP contribution in [-0.2, 0) is 27.2 Å². The van der Waals surface area contributed by atoms with E-state index >= 15 is 0 Å². The molecule has 0 aromatic heterocycles. The van der Waals surface area contributed by atoms with E-state index in [2.05, 4.69) is 21.3 Å². The van der Waals surface area contributed by atoms with Crippen molar-refractivity contribution < 1.29 is 24.6 Å². The molecule has 0 unspecified atom stereocenters. The number of nitrogens with zero attached hydrogens (tertiary/aromatic N) is 2. The van der Waals surface area contributed by atoms with Gasteiger partial charge in [0.2, 0.25) is 17.7 Å². The minimum atomic E-state index is -1.02. The van der Waals surface area contributed by atoms with E-state index in [0.29, 0.717) is 50.1 Å². The summed E-state index contributed by atoms with van der Waals surface area (Å²) in [6, 6.07) is 7.57. The molecule has 3 atom stereocenters. The lowest BCUT2D eigenvalue weighted by Crippen LogP contribution is -2.57. The Bertz CT molecular complexity index is 1260. The maximum atomic E-state index is 14.0. The van der Waals surface area contributed by atoms with Crippen LogP contribution < -0.4 is 27.0 Å². The summed E-state index contributed by atoms with van der Waals surface area (Å²) in [5.41, 5.74) is 8.41. The molecule has 0 saturated carbocycles. The van der Waals surface area contributed by atoms with Gasteiger partial charge in [-0.1, -0.05) is 19.6 Å². The number of hydrogen-bond donors (Lipinski definition) is 7. The smallest absolute Gasteiger partial charge is 0.245 e. The standard InChI is InChI=1S/C31H47N7O5.CH4/c1-33-12-5-6-24-29(41)36-26(31(43)38(13-11-32)15-14-37(3)4)19-23-17-21(8-10-28(23)40)20-7-9-27(39)22(16-20)18-25(34-2)30(42)35-24;/h7-10,16-17,24-26,33-34,39-40H,5-6,11-15,18-19,32H2,1-4H3,(H,35,42)(H,36,41);1H4/t24-,25-,26-;/m0./s1. The van der Waals surface area contributed by atoms with E-state index in [1.165, 1.54) is 0 Å². The molecular formula is C32H51N7O5. The van der Waals surface area contributed by atoms with Crippen LogP contribution in [-0.4, -0.2) is 117 Å². The third kappa shape index (κ3) is 9.91. The number of rotatable bonds is 11. The summed E-state index contributed by atoms with van der Waals surface area (Å²) in [6.45, 7) is 2.19. The van der Waals surface area contributed by atoms with Gasteiger partial charge in [-0.3, -0.25) is 14.4 Å². The summed E-state index contributed by atoms with van der Waals surface area (Å²) >= 11 is 0. The van der Waals surface area contributed by atoms with Crippen molar-refractivity contribution in [3.63, 3.8) is 0 Å². The van der Waals surface area contributed by atoms with Crippen molar-refractivity contribution >= 4 is 17.7 Å². The van der Waals surface area contributed by atoms with E-state index in [9.17, 15) is 24.6 Å². The second-order valence-corrected chi connectivity index (χ2v) is 11.2. The lowest BCUT2D eigenvalue weighted by Gasteiger charge is -2.30. The second kappa shape index (κ2) is 17.6. The zero-order valence-corrected chi connectivity index (χ0v) is 25.7. The van der Waals surface area contributed by atoms with Crippen LogP contribution in [0.2, 0.25) is 0 Å². The molecule has 244 valence electrons. The lowest BCUT2D eigenvalue weighted by atomic mass is 9.95. The van der Waals surface area contributed by atoms with E-state index in [4.69, 9.17) is 5.73 Å². The third-order valence-corrected chi connectivity index (χ3v) is 7.70. The number of phenolic OH excluding ortho intramolecular Hbond substituents is 2. The summed E-state index contributed by atoms with van der Waals surface area (Å²) in [6.07, 6.45) is 1.14. The molecule has 44 heavy (non-hydrogen) atoms. The number of amides is 3. The highest BCUT2D eigenvalue weighted by atomic mass is 16.3. The van der Waals surface area contributed by atoms with Crippen LogP contribution in [0.4, 0.5) is 0 Å². The van der Waals surface area contributed by atoms with Crippen molar-refractivity contribution in [3.8, 4) is 22.6 Å². The van der Waals surface area contributed by atoms with Crippen LogP contribution in [0.25, 0.3) is 11.1 Å². The van der Waals surface area contributed by atoms with Crippen molar-refractivity contribution in [1.29, 1.82) is 0 Å². The zero-order valence-electron chi connectivity index (χ0n) is 25.7. The molecule has 12 nitrogen and oxygen atoms in total. The summed E-state index contributed by atoms with van der Waals surface area (Å²) in [4.78, 5) is 44.8. The molecule has 4 bridgehead atoms. The number of nitrogens with one attached hydrogen (secondary N) is 4. The average Bonchev–Trinajstić information content (AvgIpc) is 2.98. The highest BCUT2D eigenvalue weighted by Gasteiger charge is 2.32. The maximum absolute atomic E-state index is 14.0. The molecule has 8 N–H and O–H groups in total. The Kier molecular flexibility index (Phi) is 14.6. The molecule has 0 radical (unpaired) electrons. The fraction of sp³-hybridized carbons (Fsp3) is 0.531. The van der Waals surface area contributed by atoms with E-state index in [-0.39, 0.29) is 44.2 Å². The van der Waals surface area contributed by atoms with E-state index in [1.54, 1.807) is 42.3 Å². The number of hydrogen-bond acceptors (Lipinski definition) is 9. The molecule has 3 amide bonds. The van der Waals surface area contributed by atoms with E-state index in [0.717, 1.165) is 11.1 Å². The number of likely N-dealkylation sites (N-methyl/N-ethyl adjacent to an activating group) is 2. The van der Waals surface area contributed by atoms with Gasteiger partial charge >= 0.3 is 0 Å². The molecule has 2 aromatic carbocycles. The molecule has 2 aromatic rings. The molecular weight excluding hydrogens is 562 g/mol. The summed E-state index contributed by atoms with van der Waals surface area (Å²) in [7, 11) is 7.27. The summed E-state index contributed by atoms with van der Waals surface area (Å²) in [5.74, 6) is -1.18. The predicted molar refractivity (Wildman–Crippen MR) is 173 cm³/mol. The van der Waals surface area contributed by atoms with Gasteiger partial charge in [0.25, 0.3) is 0 Å². The highest BCUT2D eigenvalue weighted by molar-refractivity contribution is 5.93. The Morgan fingerprint density at radius 3 is 2.09 bits per heavy atom. The van der Waals surface area contributed by atoms with Crippen molar-refractivity contribution in [2.24, 2.45) is 5.73 Å². The topological polar surface area (TPSA) is 172 Å². The molecule has 1 heterocycles. The third-order valence-electron chi connectivity index (χ3n) is 7.70. The zero-order chi connectivity index (χ0) is 31.5. The first-order chi connectivity index (χ1) is 20.6. The molecule has 1 aliphatic rings. The minimum absolute atomic E-state index is 0. The van der Waals surface area contributed by atoms with Crippen LogP contribution in [0.15, 0.2) is 36.4 Å². The molecule has 0 fully saturated rings. The van der Waals surface area contributed by atoms with Crippen LogP contribution in [0.1, 0.15) is 31.4 Å². The molecule has 12 heteroatoms. The first kappa shape index (κ1) is 36.5. The number of phenols is 2. The van der Waals surface area contributed by atoms with Gasteiger partial charge in [-0.25, -0.2) is 0 Å². The number of nitrogens with two attached hydrogens (primary N) is 1. The highest BCUT2D eigenvalue weighted by Crippen LogP contribution is 2.31. The van der Waals surface area contributed by atoms with Gasteiger partial charge in [0, 0.05) is 39.0 Å². The largest absolute Gasteiger partial charge is 0.508 e. The van der Waals surface area contributed by atoms with Crippen molar-refractivity contribution in [2.75, 3.05) is 60.9 Å². The average molecular weight is 614 g/mol. The van der Waals surface area contributed by atoms with Gasteiger partial charge in [-0.15, -0.1) is 0 Å². The fourth-order valence-electron chi connectivity index (χ4n) is 5.15. The second-order valence-electron chi connectivity index (χ2n) is 11.2. The van der Waals surface area contributed by atoms with Gasteiger partial charge in [0.05, 0.1) is 6.04 Å². The summed E-state index contributed by atoms with van der Waals surface area (Å²) < 4.78 is 0. The number of carbonyl (C=O) groups is 3. The van der Waals surface area contributed by atoms with Crippen molar-refractivity contribution in [3.05, 3.63) is 47.5 Å². The Morgan fingerprint density at radius 2 is 1.55 bits per heavy atom. The first-order valence-corrected chi connectivity index (χ1v) is 14.8. The van der Waals surface area contributed by atoms with Crippen molar-refractivity contribution in [1.82, 2.24) is 31.1 Å². The van der Waals surface area contributed by atoms with Crippen LogP contribution in [0.5, 0.6) is 11.5 Å². The van der Waals surface area contributed by atoms with Crippen LogP contribution in [0, 0.1) is 0 Å². The maximum Gasteiger partial charge on any atom is 0.245 e. The van der Waals surface area contributed by atoms with E-state index < -0.39 is 29.9 Å². The first-order valence-electron chi connectivity index (χ1n) is 14.8. The Morgan fingerprint density at radius 1 is 0.932 bits per heavy atom. The Balaban J connectivity index is 0.00000675. The van der Waals surface area contributed by atoms with Gasteiger partial charge in [-0.2, -0.15) is 0 Å². The van der Waals surface area contributed by atoms with Gasteiger partial charge in [-0.05, 0) is 94.1 Å². The molecule has 1 aliphatic heterocycles. The number of benzene rings is 2. The SMILES string of the molecule is C.CNCCC[C@@H]1NC(=O)[C@@H](NC)Cc2cc(ccc2O)-c2ccc(O)c(c2)C[C@@H](C(=O)N(CCN)CCN(C)C)NC1=O. The van der Waals surface area contributed by atoms with E-state index in [1.807, 2.05) is 32.1 Å². The van der Waals surface area contributed by atoms with Gasteiger partial charge in [0.1, 0.15) is 23.6 Å². The minimum Gasteiger partial charge on any atom is -0.508 e. The van der Waals surface area contributed by atoms with Gasteiger partial charge < -0.3 is 47.0 Å². The molecule has 0 aliphatic carbocycles. The molecule has 0 spiro atoms. The molecule has 3 rings (SSSR count). The number of aromatic hydroxyl groups is 2. The van der Waals surface area contributed by atoms with Crippen LogP contribution >= 0.6 is 0 Å². The predicted octanol–water partition coefficient (Wildman–Crippen LogP) is 0.406. The Labute approximate surface area is 261 Å². The van der Waals surface area contributed by atoms with Gasteiger partial charge in [0.15, 0.2) is 0 Å².